The molecule has 0 spiro atoms. The maximum absolute atomic E-state index is 13.0. The quantitative estimate of drug-likeness (QED) is 0.685. The van der Waals surface area contributed by atoms with E-state index >= 15 is 0 Å². The van der Waals surface area contributed by atoms with Crippen LogP contribution in [0.2, 0.25) is 0 Å². The second-order valence-electron chi connectivity index (χ2n) is 8.58. The summed E-state index contributed by atoms with van der Waals surface area (Å²) in [5.74, 6) is 1.15. The summed E-state index contributed by atoms with van der Waals surface area (Å²) < 4.78 is 0. The molecule has 2 aliphatic rings. The van der Waals surface area contributed by atoms with Crippen LogP contribution >= 0.6 is 11.8 Å². The van der Waals surface area contributed by atoms with Crippen LogP contribution in [0, 0.1) is 12.8 Å². The summed E-state index contributed by atoms with van der Waals surface area (Å²) in [4.78, 5) is 25.6. The fraction of sp³-hybridized carbons (Fsp3) is 0.542. The van der Waals surface area contributed by atoms with Crippen LogP contribution in [0.1, 0.15) is 56.9 Å². The minimum atomic E-state index is 0.0289. The average Bonchev–Trinajstić information content (AvgIpc) is 3.04. The Morgan fingerprint density at radius 1 is 1.00 bits per heavy atom. The highest BCUT2D eigenvalue weighted by molar-refractivity contribution is 7.99. The highest BCUT2D eigenvalue weighted by Crippen LogP contribution is 2.34. The van der Waals surface area contributed by atoms with Gasteiger partial charge in [0.05, 0.1) is 5.92 Å². The van der Waals surface area contributed by atoms with E-state index < -0.39 is 0 Å². The molecule has 0 radical (unpaired) electrons. The second-order valence-corrected chi connectivity index (χ2v) is 9.64. The van der Waals surface area contributed by atoms with Crippen molar-refractivity contribution in [1.82, 2.24) is 15.3 Å². The largest absolute Gasteiger partial charge is 0.354 e. The lowest BCUT2D eigenvalue weighted by atomic mass is 9.96. The van der Waals surface area contributed by atoms with Crippen LogP contribution in [0.4, 0.5) is 5.82 Å². The Hall–Kier alpha value is -2.08. The van der Waals surface area contributed by atoms with Gasteiger partial charge < -0.3 is 10.2 Å². The first-order chi connectivity index (χ1) is 14.7. The smallest absolute Gasteiger partial charge is 0.225 e. The van der Waals surface area contributed by atoms with E-state index in [1.807, 2.05) is 0 Å². The summed E-state index contributed by atoms with van der Waals surface area (Å²) in [6.07, 6.45) is 12.8. The van der Waals surface area contributed by atoms with Crippen molar-refractivity contribution in [3.63, 3.8) is 0 Å². The number of aryl methyl sites for hydroxylation is 1. The Morgan fingerprint density at radius 2 is 1.73 bits per heavy atom. The molecule has 1 aliphatic carbocycles. The van der Waals surface area contributed by atoms with Gasteiger partial charge in [-0.2, -0.15) is 0 Å². The summed E-state index contributed by atoms with van der Waals surface area (Å²) in [6.45, 7) is 3.74. The molecule has 4 rings (SSSR count). The first-order valence-corrected chi connectivity index (χ1v) is 12.1. The van der Waals surface area contributed by atoms with Gasteiger partial charge in [0, 0.05) is 36.4 Å². The zero-order valence-corrected chi connectivity index (χ0v) is 18.7. The number of aromatic nitrogens is 2. The van der Waals surface area contributed by atoms with Crippen LogP contribution < -0.4 is 10.2 Å². The summed E-state index contributed by atoms with van der Waals surface area (Å²) in [5, 5.41) is 4.26. The van der Waals surface area contributed by atoms with Crippen LogP contribution in [-0.2, 0) is 4.79 Å². The monoisotopic (exact) mass is 424 g/mol. The normalized spacial score (nSPS) is 20.6. The van der Waals surface area contributed by atoms with Gasteiger partial charge >= 0.3 is 0 Å². The molecular weight excluding hydrogens is 392 g/mol. The lowest BCUT2D eigenvalue weighted by Crippen LogP contribution is -2.46. The Labute approximate surface area is 184 Å². The number of carbonyl (C=O) groups excluding carboxylic acids is 1. The van der Waals surface area contributed by atoms with Crippen molar-refractivity contribution in [2.45, 2.75) is 74.3 Å². The zero-order chi connectivity index (χ0) is 20.8. The first kappa shape index (κ1) is 21.2. The van der Waals surface area contributed by atoms with Crippen molar-refractivity contribution in [3.8, 4) is 0 Å². The number of nitrogens with one attached hydrogen (secondary N) is 1. The van der Waals surface area contributed by atoms with Crippen LogP contribution in [-0.4, -0.2) is 35.0 Å². The molecule has 1 aromatic heterocycles. The number of hydrogen-bond acceptors (Lipinski definition) is 5. The number of piperidine rings is 1. The Morgan fingerprint density at radius 3 is 2.50 bits per heavy atom. The van der Waals surface area contributed by atoms with E-state index in [9.17, 15) is 4.79 Å². The maximum atomic E-state index is 13.0. The van der Waals surface area contributed by atoms with Gasteiger partial charge in [0.1, 0.15) is 5.03 Å². The molecule has 1 aliphatic heterocycles. The van der Waals surface area contributed by atoms with E-state index in [1.54, 1.807) is 24.2 Å². The van der Waals surface area contributed by atoms with E-state index in [1.165, 1.54) is 31.2 Å². The minimum Gasteiger partial charge on any atom is -0.354 e. The lowest BCUT2D eigenvalue weighted by Gasteiger charge is -2.34. The number of rotatable bonds is 5. The van der Waals surface area contributed by atoms with Crippen molar-refractivity contribution in [3.05, 3.63) is 42.2 Å². The molecule has 1 saturated heterocycles. The lowest BCUT2D eigenvalue weighted by molar-refractivity contribution is -0.126. The fourth-order valence-electron chi connectivity index (χ4n) is 4.45. The fourth-order valence-corrected chi connectivity index (χ4v) is 5.33. The van der Waals surface area contributed by atoms with Crippen LogP contribution in [0.3, 0.4) is 0 Å². The highest BCUT2D eigenvalue weighted by atomic mass is 32.2. The number of amides is 1. The molecule has 1 saturated carbocycles. The molecule has 2 aromatic rings. The van der Waals surface area contributed by atoms with Crippen LogP contribution in [0.5, 0.6) is 0 Å². The number of nitrogens with zero attached hydrogens (tertiary/aromatic N) is 3. The van der Waals surface area contributed by atoms with Gasteiger partial charge in [-0.1, -0.05) is 55.1 Å². The van der Waals surface area contributed by atoms with Crippen molar-refractivity contribution < 1.29 is 4.79 Å². The first-order valence-electron chi connectivity index (χ1n) is 11.3. The Balaban J connectivity index is 1.42. The molecule has 1 N–H and O–H groups in total. The van der Waals surface area contributed by atoms with E-state index in [0.29, 0.717) is 6.04 Å². The van der Waals surface area contributed by atoms with Gasteiger partial charge in [0.15, 0.2) is 5.82 Å². The van der Waals surface area contributed by atoms with Gasteiger partial charge in [-0.15, -0.1) is 0 Å². The zero-order valence-electron chi connectivity index (χ0n) is 17.8. The van der Waals surface area contributed by atoms with E-state index in [4.69, 9.17) is 0 Å². The highest BCUT2D eigenvalue weighted by Gasteiger charge is 2.29. The van der Waals surface area contributed by atoms with Gasteiger partial charge in [0.25, 0.3) is 0 Å². The Bertz CT molecular complexity index is 833. The van der Waals surface area contributed by atoms with E-state index in [2.05, 4.69) is 51.4 Å². The number of anilines is 1. The minimum absolute atomic E-state index is 0.0289. The van der Waals surface area contributed by atoms with Gasteiger partial charge in [0.2, 0.25) is 5.91 Å². The molecule has 1 atom stereocenters. The molecule has 1 aromatic carbocycles. The van der Waals surface area contributed by atoms with Gasteiger partial charge in [-0.25, -0.2) is 9.97 Å². The second kappa shape index (κ2) is 10.3. The number of carbonyl (C=O) groups is 1. The molecule has 0 bridgehead atoms. The Kier molecular flexibility index (Phi) is 7.26. The van der Waals surface area contributed by atoms with Gasteiger partial charge in [-0.05, 0) is 44.7 Å². The molecule has 6 heteroatoms. The van der Waals surface area contributed by atoms with E-state index in [0.717, 1.165) is 54.5 Å². The summed E-state index contributed by atoms with van der Waals surface area (Å²) >= 11 is 1.64. The van der Waals surface area contributed by atoms with Crippen LogP contribution in [0.25, 0.3) is 0 Å². The van der Waals surface area contributed by atoms with Gasteiger partial charge in [-0.3, -0.25) is 4.79 Å². The SMILES string of the molecule is Cc1ccc(Sc2nccnc2N2CCC[C@H](C(=O)NC3CCCCCC3)C2)cc1. The summed E-state index contributed by atoms with van der Waals surface area (Å²) in [7, 11) is 0. The van der Waals surface area contributed by atoms with Crippen molar-refractivity contribution in [2.75, 3.05) is 18.0 Å². The predicted octanol–water partition coefficient (Wildman–Crippen LogP) is 4.99. The third-order valence-corrected chi connectivity index (χ3v) is 7.16. The molecule has 2 fully saturated rings. The number of hydrogen-bond donors (Lipinski definition) is 1. The molecule has 5 nitrogen and oxygen atoms in total. The van der Waals surface area contributed by atoms with Crippen molar-refractivity contribution >= 4 is 23.5 Å². The van der Waals surface area contributed by atoms with Crippen molar-refractivity contribution in [2.24, 2.45) is 5.92 Å². The average molecular weight is 425 g/mol. The summed E-state index contributed by atoms with van der Waals surface area (Å²) in [6, 6.07) is 8.84. The standard InChI is InChI=1S/C24H32N4OS/c1-18-10-12-21(13-11-18)30-24-22(25-14-15-26-24)28-16-6-7-19(17-28)23(29)27-20-8-4-2-3-5-9-20/h10-15,19-20H,2-9,16-17H2,1H3,(H,27,29)/t19-/m0/s1. The summed E-state index contributed by atoms with van der Waals surface area (Å²) in [5.41, 5.74) is 1.25. The molecule has 0 unspecified atom stereocenters. The molecular formula is C24H32N4OS. The molecule has 30 heavy (non-hydrogen) atoms. The maximum Gasteiger partial charge on any atom is 0.225 e. The molecule has 1 amide bonds. The topological polar surface area (TPSA) is 58.1 Å². The molecule has 160 valence electrons. The van der Waals surface area contributed by atoms with E-state index in [-0.39, 0.29) is 11.8 Å². The van der Waals surface area contributed by atoms with Crippen LogP contribution in [0.15, 0.2) is 46.6 Å². The predicted molar refractivity (Wildman–Crippen MR) is 122 cm³/mol. The molecule has 2 heterocycles. The third-order valence-electron chi connectivity index (χ3n) is 6.18. The third kappa shape index (κ3) is 5.54. The number of benzene rings is 1. The van der Waals surface area contributed by atoms with Crippen molar-refractivity contribution in [1.29, 1.82) is 0 Å².